The third kappa shape index (κ3) is 4.05. The molecular formula is C24H26N8O2. The molecule has 1 aliphatic carbocycles. The van der Waals surface area contributed by atoms with Crippen LogP contribution in [-0.4, -0.2) is 68.5 Å². The summed E-state index contributed by atoms with van der Waals surface area (Å²) in [5.41, 5.74) is 2.89. The number of ketones is 1. The number of aliphatic imine (C=N–C) groups is 1. The van der Waals surface area contributed by atoms with Gasteiger partial charge < -0.3 is 15.0 Å². The van der Waals surface area contributed by atoms with E-state index in [1.54, 1.807) is 30.2 Å². The van der Waals surface area contributed by atoms with E-state index in [4.69, 9.17) is 14.8 Å². The molecule has 2 aliphatic heterocycles. The fraction of sp³-hybridized carbons (Fsp3) is 0.417. The number of ether oxygens (including phenoxy) is 1. The number of hydrogen-bond donors (Lipinski definition) is 1. The topological polar surface area (TPSA) is 110 Å². The zero-order chi connectivity index (χ0) is 23.1. The number of fused-ring (bicyclic) bond motifs is 1. The number of carbonyl (C=O) groups excluding carboxylic acids is 1. The molecular weight excluding hydrogens is 432 g/mol. The Balaban J connectivity index is 1.30. The normalized spacial score (nSPS) is 22.2. The molecule has 2 fully saturated rings. The van der Waals surface area contributed by atoms with E-state index in [9.17, 15) is 4.79 Å². The van der Waals surface area contributed by atoms with E-state index in [2.05, 4.69) is 26.4 Å². The monoisotopic (exact) mass is 458 g/mol. The zero-order valence-electron chi connectivity index (χ0n) is 19.0. The van der Waals surface area contributed by atoms with Crippen LogP contribution in [0.4, 0.5) is 11.8 Å². The third-order valence-corrected chi connectivity index (χ3v) is 6.68. The van der Waals surface area contributed by atoms with Crippen molar-refractivity contribution in [3.8, 4) is 0 Å². The van der Waals surface area contributed by atoms with Gasteiger partial charge in [-0.05, 0) is 42.5 Å². The summed E-state index contributed by atoms with van der Waals surface area (Å²) in [5.74, 6) is 2.70. The van der Waals surface area contributed by atoms with Crippen molar-refractivity contribution in [2.24, 2.45) is 10.9 Å². The Morgan fingerprint density at radius 1 is 1.29 bits per heavy atom. The molecule has 0 radical (unpaired) electrons. The predicted octanol–water partition coefficient (Wildman–Crippen LogP) is 2.09. The van der Waals surface area contributed by atoms with Crippen LogP contribution >= 0.6 is 0 Å². The van der Waals surface area contributed by atoms with Gasteiger partial charge >= 0.3 is 0 Å². The minimum absolute atomic E-state index is 0.0444. The van der Waals surface area contributed by atoms with Crippen LogP contribution < -0.4 is 10.2 Å². The van der Waals surface area contributed by atoms with Crippen LogP contribution in [0.1, 0.15) is 25.0 Å². The van der Waals surface area contributed by atoms with Crippen molar-refractivity contribution >= 4 is 28.9 Å². The van der Waals surface area contributed by atoms with E-state index in [0.717, 1.165) is 17.9 Å². The van der Waals surface area contributed by atoms with Gasteiger partial charge in [0.15, 0.2) is 11.6 Å². The molecule has 34 heavy (non-hydrogen) atoms. The Bertz CT molecular complexity index is 1280. The van der Waals surface area contributed by atoms with Crippen LogP contribution in [0.2, 0.25) is 0 Å². The van der Waals surface area contributed by atoms with Gasteiger partial charge in [-0.1, -0.05) is 0 Å². The van der Waals surface area contributed by atoms with Crippen molar-refractivity contribution in [2.75, 3.05) is 30.4 Å². The molecule has 3 aliphatic rings. The Morgan fingerprint density at radius 3 is 3.00 bits per heavy atom. The van der Waals surface area contributed by atoms with E-state index in [1.165, 1.54) is 18.4 Å². The summed E-state index contributed by atoms with van der Waals surface area (Å²) in [7, 11) is 1.67. The van der Waals surface area contributed by atoms with Crippen LogP contribution in [0.25, 0.3) is 5.52 Å². The summed E-state index contributed by atoms with van der Waals surface area (Å²) in [4.78, 5) is 33.1. The summed E-state index contributed by atoms with van der Waals surface area (Å²) in [5, 5.41) is 8.11. The van der Waals surface area contributed by atoms with Crippen LogP contribution in [0.5, 0.6) is 0 Å². The largest absolute Gasteiger partial charge is 0.380 e. The summed E-state index contributed by atoms with van der Waals surface area (Å²) in [6.45, 7) is 1.29. The van der Waals surface area contributed by atoms with Gasteiger partial charge in [0, 0.05) is 44.9 Å². The minimum atomic E-state index is -0.405. The van der Waals surface area contributed by atoms with Crippen molar-refractivity contribution in [3.05, 3.63) is 54.3 Å². The number of nitrogens with one attached hydrogen (secondary N) is 1. The van der Waals surface area contributed by atoms with E-state index in [1.807, 2.05) is 23.2 Å². The van der Waals surface area contributed by atoms with Gasteiger partial charge in [-0.15, -0.1) is 5.10 Å². The van der Waals surface area contributed by atoms with Crippen molar-refractivity contribution in [1.29, 1.82) is 0 Å². The Kier molecular flexibility index (Phi) is 5.29. The highest BCUT2D eigenvalue weighted by Gasteiger charge is 2.39. The standard InChI is InChI=1S/C24H26N8O2/c1-34-18-11-20(21(33)10-17-13-25-6-7-26-17)31(14-18)24-29-23(19-3-2-8-32(19)30-24)28-22-9-16(12-27-22)15-4-5-15/h2-3,6-9,13,15,18,20H,4-5,10-12,14H2,1H3,(H,27,28,29,30)/t18-,20-/m0/s1. The molecule has 3 aromatic rings. The maximum atomic E-state index is 13.3. The van der Waals surface area contributed by atoms with Crippen molar-refractivity contribution in [2.45, 2.75) is 37.8 Å². The molecule has 174 valence electrons. The van der Waals surface area contributed by atoms with Gasteiger partial charge in [-0.2, -0.15) is 4.98 Å². The van der Waals surface area contributed by atoms with Gasteiger partial charge in [-0.25, -0.2) is 4.52 Å². The second kappa shape index (κ2) is 8.60. The minimum Gasteiger partial charge on any atom is -0.380 e. The lowest BCUT2D eigenvalue weighted by molar-refractivity contribution is -0.119. The van der Waals surface area contributed by atoms with E-state index < -0.39 is 6.04 Å². The molecule has 1 saturated heterocycles. The Morgan fingerprint density at radius 2 is 2.21 bits per heavy atom. The summed E-state index contributed by atoms with van der Waals surface area (Å²) < 4.78 is 7.40. The molecule has 10 heteroatoms. The first-order chi connectivity index (χ1) is 16.7. The van der Waals surface area contributed by atoms with Crippen molar-refractivity contribution < 1.29 is 9.53 Å². The predicted molar refractivity (Wildman–Crippen MR) is 127 cm³/mol. The SMILES string of the molecule is CO[C@H]1C[C@@H](C(=O)Cc2cnccn2)N(c2nc(NC3=NCC(C4CC4)=C3)c3cccn3n2)C1. The van der Waals surface area contributed by atoms with Crippen LogP contribution in [-0.2, 0) is 16.0 Å². The summed E-state index contributed by atoms with van der Waals surface area (Å²) in [6.07, 6.45) is 12.1. The number of anilines is 2. The maximum absolute atomic E-state index is 13.3. The lowest BCUT2D eigenvalue weighted by atomic mass is 10.1. The number of rotatable bonds is 7. The lowest BCUT2D eigenvalue weighted by Gasteiger charge is -2.24. The first kappa shape index (κ1) is 20.9. The number of Topliss-reactive ketones (excluding diaryl/α,β-unsaturated/α-hetero) is 1. The molecule has 0 amide bonds. The summed E-state index contributed by atoms with van der Waals surface area (Å²) >= 11 is 0. The highest BCUT2D eigenvalue weighted by molar-refractivity contribution is 6.07. The van der Waals surface area contributed by atoms with E-state index in [-0.39, 0.29) is 18.3 Å². The smallest absolute Gasteiger partial charge is 0.246 e. The third-order valence-electron chi connectivity index (χ3n) is 6.68. The molecule has 10 nitrogen and oxygen atoms in total. The average molecular weight is 459 g/mol. The van der Waals surface area contributed by atoms with Crippen molar-refractivity contribution in [3.63, 3.8) is 0 Å². The highest BCUT2D eigenvalue weighted by Crippen LogP contribution is 2.38. The Labute approximate surface area is 196 Å². The first-order valence-electron chi connectivity index (χ1n) is 11.6. The van der Waals surface area contributed by atoms with Gasteiger partial charge in [0.25, 0.3) is 0 Å². The second-order valence-corrected chi connectivity index (χ2v) is 9.02. The molecule has 3 aromatic heterocycles. The summed E-state index contributed by atoms with van der Waals surface area (Å²) in [6, 6.07) is 3.49. The van der Waals surface area contributed by atoms with E-state index in [0.29, 0.717) is 36.3 Å². The molecule has 0 unspecified atom stereocenters. The number of aromatic nitrogens is 5. The van der Waals surface area contributed by atoms with Gasteiger partial charge in [0.05, 0.1) is 30.8 Å². The zero-order valence-corrected chi connectivity index (χ0v) is 19.0. The number of methoxy groups -OCH3 is 1. The van der Waals surface area contributed by atoms with Gasteiger partial charge in [0.2, 0.25) is 5.95 Å². The quantitative estimate of drug-likeness (QED) is 0.573. The average Bonchev–Trinajstić information content (AvgIpc) is 3.24. The van der Waals surface area contributed by atoms with Gasteiger partial charge in [-0.3, -0.25) is 19.8 Å². The van der Waals surface area contributed by atoms with Gasteiger partial charge in [0.1, 0.15) is 11.4 Å². The molecule has 0 aromatic carbocycles. The van der Waals surface area contributed by atoms with E-state index >= 15 is 0 Å². The molecule has 0 spiro atoms. The second-order valence-electron chi connectivity index (χ2n) is 9.02. The molecule has 6 rings (SSSR count). The number of hydrogen-bond acceptors (Lipinski definition) is 9. The molecule has 1 saturated carbocycles. The lowest BCUT2D eigenvalue weighted by Crippen LogP contribution is -2.38. The highest BCUT2D eigenvalue weighted by atomic mass is 16.5. The van der Waals surface area contributed by atoms with Crippen LogP contribution in [0.15, 0.2) is 53.6 Å². The Hall–Kier alpha value is -3.66. The fourth-order valence-electron chi connectivity index (χ4n) is 4.69. The van der Waals surface area contributed by atoms with Crippen LogP contribution in [0.3, 0.4) is 0 Å². The maximum Gasteiger partial charge on any atom is 0.246 e. The number of carbonyl (C=O) groups is 1. The van der Waals surface area contributed by atoms with Crippen molar-refractivity contribution in [1.82, 2.24) is 24.6 Å². The molecule has 2 atom stereocenters. The fourth-order valence-corrected chi connectivity index (χ4v) is 4.69. The number of nitrogens with zero attached hydrogens (tertiary/aromatic N) is 7. The first-order valence-corrected chi connectivity index (χ1v) is 11.6. The molecule has 5 heterocycles. The molecule has 1 N–H and O–H groups in total. The van der Waals surface area contributed by atoms with Crippen LogP contribution in [0, 0.1) is 5.92 Å². The molecule has 0 bridgehead atoms. The number of amidine groups is 1.